The summed E-state index contributed by atoms with van der Waals surface area (Å²) in [6.45, 7) is 10.5. The van der Waals surface area contributed by atoms with Crippen molar-refractivity contribution in [2.24, 2.45) is 0 Å². The molecule has 1 aliphatic carbocycles. The topological polar surface area (TPSA) is 170 Å². The lowest BCUT2D eigenvalue weighted by Gasteiger charge is -2.44. The van der Waals surface area contributed by atoms with Crippen molar-refractivity contribution in [1.82, 2.24) is 46.4 Å². The van der Waals surface area contributed by atoms with Crippen molar-refractivity contribution in [1.29, 1.82) is 0 Å². The molecule has 7 rings (SSSR count). The summed E-state index contributed by atoms with van der Waals surface area (Å²) < 4.78 is 0. The van der Waals surface area contributed by atoms with Gasteiger partial charge < -0.3 is 15.5 Å². The van der Waals surface area contributed by atoms with Gasteiger partial charge in [0.2, 0.25) is 17.7 Å². The van der Waals surface area contributed by atoms with E-state index in [4.69, 9.17) is 0 Å². The highest BCUT2D eigenvalue weighted by molar-refractivity contribution is 6.25. The van der Waals surface area contributed by atoms with Crippen LogP contribution in [0.1, 0.15) is 98.8 Å². The van der Waals surface area contributed by atoms with Crippen LogP contribution in [0.2, 0.25) is 0 Å². The summed E-state index contributed by atoms with van der Waals surface area (Å²) in [6, 6.07) is 5.34. The fraction of sp³-hybridized carbons (Fsp3) is 0.667. The van der Waals surface area contributed by atoms with Gasteiger partial charge in [-0.3, -0.25) is 55.1 Å². The smallest absolute Gasteiger partial charge is 0.264 e. The Balaban J connectivity index is 0.783. The molecule has 6 atom stereocenters. The number of hydrogen-bond acceptors (Lipinski definition) is 12. The van der Waals surface area contributed by atoms with Crippen LogP contribution in [0.4, 0.5) is 5.69 Å². The number of piperazine rings is 1. The number of carbonyl (C=O) groups is 5. The summed E-state index contributed by atoms with van der Waals surface area (Å²) >= 11 is 0. The molecule has 1 aromatic carbocycles. The largest absolute Gasteiger partial charge is 0.384 e. The minimum absolute atomic E-state index is 0.0887. The van der Waals surface area contributed by atoms with Crippen molar-refractivity contribution in [3.63, 3.8) is 0 Å². The lowest BCUT2D eigenvalue weighted by atomic mass is 9.96. The molecule has 4 saturated heterocycles. The molecule has 0 spiro atoms. The highest BCUT2D eigenvalue weighted by atomic mass is 16.2. The lowest BCUT2D eigenvalue weighted by Crippen LogP contribution is -2.65. The van der Waals surface area contributed by atoms with Gasteiger partial charge in [-0.15, -0.1) is 0 Å². The third-order valence-corrected chi connectivity index (χ3v) is 12.3. The fourth-order valence-corrected chi connectivity index (χ4v) is 9.27. The summed E-state index contributed by atoms with van der Waals surface area (Å²) in [5.74, 6) is -1.84. The fourth-order valence-electron chi connectivity index (χ4n) is 9.27. The third-order valence-electron chi connectivity index (χ3n) is 12.3. The number of fused-ring (bicyclic) bond motifs is 2. The van der Waals surface area contributed by atoms with Crippen LogP contribution in [-0.4, -0.2) is 138 Å². The van der Waals surface area contributed by atoms with Crippen LogP contribution >= 0.6 is 0 Å². The molecule has 4 unspecified atom stereocenters. The average Bonchev–Trinajstić information content (AvgIpc) is 3.90. The number of piperidine rings is 1. The monoisotopic (exact) mass is 746 g/mol. The van der Waals surface area contributed by atoms with Gasteiger partial charge in [0.25, 0.3) is 11.8 Å². The lowest BCUT2D eigenvalue weighted by molar-refractivity contribution is -0.136. The Kier molecular flexibility index (Phi) is 12.4. The Morgan fingerprint density at radius 2 is 1.78 bits per heavy atom. The number of benzene rings is 1. The van der Waals surface area contributed by atoms with E-state index in [2.05, 4.69) is 61.8 Å². The second-order valence-electron chi connectivity index (χ2n) is 15.6. The van der Waals surface area contributed by atoms with Gasteiger partial charge in [0.15, 0.2) is 0 Å². The number of amides is 5. The van der Waals surface area contributed by atoms with E-state index in [1.165, 1.54) is 5.57 Å². The molecular formula is C39H58N10O5. The van der Waals surface area contributed by atoms with Gasteiger partial charge in [0, 0.05) is 69.5 Å². The molecule has 0 radical (unpaired) electrons. The number of unbranched alkanes of at least 4 members (excludes halogenated alkanes) is 1. The van der Waals surface area contributed by atoms with Crippen LogP contribution in [0.25, 0.3) is 0 Å². The van der Waals surface area contributed by atoms with E-state index in [0.29, 0.717) is 49.2 Å². The van der Waals surface area contributed by atoms with Crippen molar-refractivity contribution >= 4 is 35.2 Å². The zero-order valence-corrected chi connectivity index (χ0v) is 31.8. The maximum atomic E-state index is 13.3. The van der Waals surface area contributed by atoms with Gasteiger partial charge in [-0.1, -0.05) is 24.6 Å². The number of allylic oxidation sites excluding steroid dienone is 1. The van der Waals surface area contributed by atoms with Gasteiger partial charge in [0.05, 0.1) is 30.0 Å². The first-order valence-corrected chi connectivity index (χ1v) is 20.2. The highest BCUT2D eigenvalue weighted by Gasteiger charge is 2.46. The molecule has 294 valence electrons. The Morgan fingerprint density at radius 1 is 0.963 bits per heavy atom. The predicted molar refractivity (Wildman–Crippen MR) is 204 cm³/mol. The zero-order valence-electron chi connectivity index (χ0n) is 31.8. The van der Waals surface area contributed by atoms with Crippen LogP contribution in [0.15, 0.2) is 29.8 Å². The molecule has 15 nitrogen and oxygen atoms in total. The van der Waals surface area contributed by atoms with E-state index in [1.807, 2.05) is 4.90 Å². The van der Waals surface area contributed by atoms with Crippen molar-refractivity contribution in [3.05, 3.63) is 41.0 Å². The molecular weight excluding hydrogens is 688 g/mol. The second kappa shape index (κ2) is 17.4. The number of hydrazine groups is 1. The van der Waals surface area contributed by atoms with Crippen LogP contribution in [-0.2, 0) is 14.4 Å². The molecule has 6 aliphatic rings. The normalized spacial score (nSPS) is 29.5. The number of imide groups is 2. The minimum Gasteiger partial charge on any atom is -0.384 e. The number of rotatable bonds is 14. The Morgan fingerprint density at radius 3 is 2.56 bits per heavy atom. The highest BCUT2D eigenvalue weighted by Crippen LogP contribution is 2.33. The molecule has 0 bridgehead atoms. The SMILES string of the molecule is C/C=C(\CC)C1CC(N[C@H]2CC[C@H](NCC(=O)N3CCN(CCCCNc4cccc5c4C(=O)N(C4CCC(=O)NC4=O)C5=O)CC3)C2)N2NCCC2N1. The van der Waals surface area contributed by atoms with E-state index in [-0.39, 0.29) is 29.9 Å². The summed E-state index contributed by atoms with van der Waals surface area (Å²) in [5.41, 5.74) is 6.22. The molecule has 6 N–H and O–H groups in total. The number of hydrogen-bond donors (Lipinski definition) is 6. The Labute approximate surface area is 318 Å². The minimum atomic E-state index is -0.982. The van der Waals surface area contributed by atoms with Gasteiger partial charge in [0.1, 0.15) is 6.04 Å². The zero-order chi connectivity index (χ0) is 37.8. The molecule has 15 heteroatoms. The molecule has 5 heterocycles. The van der Waals surface area contributed by atoms with Crippen molar-refractivity contribution in [3.8, 4) is 0 Å². The molecule has 1 aromatic rings. The van der Waals surface area contributed by atoms with E-state index in [0.717, 1.165) is 95.5 Å². The maximum absolute atomic E-state index is 13.3. The first kappa shape index (κ1) is 38.5. The van der Waals surface area contributed by atoms with Crippen LogP contribution in [0.5, 0.6) is 0 Å². The van der Waals surface area contributed by atoms with Gasteiger partial charge >= 0.3 is 0 Å². The summed E-state index contributed by atoms with van der Waals surface area (Å²) in [4.78, 5) is 69.0. The molecule has 0 aromatic heterocycles. The average molecular weight is 747 g/mol. The van der Waals surface area contributed by atoms with Crippen molar-refractivity contribution in [2.45, 2.75) is 115 Å². The van der Waals surface area contributed by atoms with Gasteiger partial charge in [-0.25, -0.2) is 5.01 Å². The molecule has 5 amide bonds. The standard InChI is InChI=1S/C39H58N10O5/c1-3-25(4-2)30-23-33(49-32(44-30)14-16-42-49)43-27-11-10-26(22-27)41-24-35(51)47-20-18-46(19-21-47)17-6-5-15-40-29-9-7-8-28-36(29)39(54)48(38(28)53)31-12-13-34(50)45-37(31)52/h3,7-9,26-27,30-33,40-44H,4-6,10-24H2,1-2H3,(H,45,50,52)/b25-3+/t26-,27-,30?,31?,32?,33?/m0/s1. The van der Waals surface area contributed by atoms with Gasteiger partial charge in [-0.2, -0.15) is 0 Å². The second-order valence-corrected chi connectivity index (χ2v) is 15.6. The maximum Gasteiger partial charge on any atom is 0.264 e. The van der Waals surface area contributed by atoms with Gasteiger partial charge in [-0.05, 0) is 83.4 Å². The van der Waals surface area contributed by atoms with Crippen LogP contribution in [0, 0.1) is 0 Å². The Hall–Kier alpha value is -3.73. The van der Waals surface area contributed by atoms with Crippen molar-refractivity contribution < 1.29 is 24.0 Å². The third kappa shape index (κ3) is 8.41. The summed E-state index contributed by atoms with van der Waals surface area (Å²) in [7, 11) is 0. The summed E-state index contributed by atoms with van der Waals surface area (Å²) in [6.07, 6.45) is 11.4. The van der Waals surface area contributed by atoms with E-state index in [9.17, 15) is 24.0 Å². The number of carbonyl (C=O) groups excluding carboxylic acids is 5. The number of anilines is 1. The predicted octanol–water partition coefficient (Wildman–Crippen LogP) is 1.11. The number of nitrogens with one attached hydrogen (secondary N) is 6. The summed E-state index contributed by atoms with van der Waals surface area (Å²) in [5, 5.41) is 19.4. The van der Waals surface area contributed by atoms with Crippen LogP contribution in [0.3, 0.4) is 0 Å². The molecule has 1 saturated carbocycles. The molecule has 5 aliphatic heterocycles. The Bertz CT molecular complexity index is 1610. The van der Waals surface area contributed by atoms with Crippen LogP contribution < -0.4 is 32.0 Å². The first-order valence-electron chi connectivity index (χ1n) is 20.2. The van der Waals surface area contributed by atoms with E-state index < -0.39 is 29.7 Å². The quantitative estimate of drug-likeness (QED) is 0.0913. The van der Waals surface area contributed by atoms with Crippen molar-refractivity contribution in [2.75, 3.05) is 57.7 Å². The number of nitrogens with zero attached hydrogens (tertiary/aromatic N) is 4. The molecule has 5 fully saturated rings. The van der Waals surface area contributed by atoms with E-state index in [1.54, 1.807) is 18.2 Å². The first-order chi connectivity index (χ1) is 26.2. The molecule has 54 heavy (non-hydrogen) atoms. The van der Waals surface area contributed by atoms with E-state index >= 15 is 0 Å².